The van der Waals surface area contributed by atoms with E-state index in [0.29, 0.717) is 10.1 Å². The third kappa shape index (κ3) is 1.48. The molecule has 0 atom stereocenters. The zero-order valence-corrected chi connectivity index (χ0v) is 8.30. The molecule has 0 nitrogen and oxygen atoms in total. The van der Waals surface area contributed by atoms with Gasteiger partial charge in [-0.3, -0.25) is 0 Å². The molecular weight excluding hydrogens is 233 g/mol. The highest BCUT2D eigenvalue weighted by atomic mass is 35.5. The summed E-state index contributed by atoms with van der Waals surface area (Å²) in [5.74, 6) is 0. The van der Waals surface area contributed by atoms with Gasteiger partial charge in [-0.15, -0.1) is 11.3 Å². The Hall–Kier alpha value is -0.740. The molecule has 0 spiro atoms. The van der Waals surface area contributed by atoms with Crippen molar-refractivity contribution in [3.05, 3.63) is 33.9 Å². The molecule has 0 bridgehead atoms. The summed E-state index contributed by atoms with van der Waals surface area (Å²) in [6.07, 6.45) is -2.54. The molecule has 0 saturated heterocycles. The van der Waals surface area contributed by atoms with Crippen LogP contribution in [0.2, 0.25) is 5.02 Å². The van der Waals surface area contributed by atoms with E-state index in [4.69, 9.17) is 11.6 Å². The van der Waals surface area contributed by atoms with Crippen molar-refractivity contribution in [3.63, 3.8) is 0 Å². The highest BCUT2D eigenvalue weighted by Gasteiger charge is 2.13. The van der Waals surface area contributed by atoms with Gasteiger partial charge in [0.25, 0.3) is 6.43 Å². The summed E-state index contributed by atoms with van der Waals surface area (Å²) < 4.78 is 38.0. The Morgan fingerprint density at radius 1 is 1.29 bits per heavy atom. The minimum absolute atomic E-state index is 0.00539. The van der Waals surface area contributed by atoms with E-state index in [9.17, 15) is 13.2 Å². The molecule has 0 fully saturated rings. The van der Waals surface area contributed by atoms with Crippen LogP contribution in [0.3, 0.4) is 0 Å². The van der Waals surface area contributed by atoms with Gasteiger partial charge in [0.15, 0.2) is 5.13 Å². The van der Waals surface area contributed by atoms with Gasteiger partial charge in [-0.2, -0.15) is 4.39 Å². The van der Waals surface area contributed by atoms with Crippen LogP contribution in [0.5, 0.6) is 0 Å². The molecule has 0 N–H and O–H groups in total. The maximum atomic E-state index is 13.0. The van der Waals surface area contributed by atoms with Crippen LogP contribution in [0.25, 0.3) is 10.1 Å². The average Bonchev–Trinajstić information content (AvgIpc) is 2.42. The van der Waals surface area contributed by atoms with Crippen molar-refractivity contribution in [2.45, 2.75) is 6.43 Å². The lowest BCUT2D eigenvalue weighted by molar-refractivity contribution is 0.151. The smallest absolute Gasteiger partial charge is 0.205 e. The summed E-state index contributed by atoms with van der Waals surface area (Å²) >= 11 is 6.40. The fraction of sp³-hybridized carbons (Fsp3) is 0.111. The fourth-order valence-corrected chi connectivity index (χ4v) is 2.39. The summed E-state index contributed by atoms with van der Waals surface area (Å²) in [6, 6.07) is 3.93. The molecule has 1 aromatic heterocycles. The standard InChI is InChI=1S/C9H4ClF3S/c10-7-5-2-1-4(8(11)12)3-6(5)14-9(7)13/h1-3,8H. The first-order valence-electron chi connectivity index (χ1n) is 3.75. The third-order valence-electron chi connectivity index (χ3n) is 1.87. The predicted molar refractivity (Wildman–Crippen MR) is 51.8 cm³/mol. The Balaban J connectivity index is 2.67. The number of rotatable bonds is 1. The summed E-state index contributed by atoms with van der Waals surface area (Å²) in [6.45, 7) is 0. The van der Waals surface area contributed by atoms with Crippen LogP contribution in [-0.2, 0) is 0 Å². The minimum atomic E-state index is -2.54. The van der Waals surface area contributed by atoms with Gasteiger partial charge < -0.3 is 0 Å². The third-order valence-corrected chi connectivity index (χ3v) is 3.29. The molecule has 0 aliphatic heterocycles. The van der Waals surface area contributed by atoms with Crippen molar-refractivity contribution in [1.82, 2.24) is 0 Å². The first kappa shape index (κ1) is 9.80. The molecule has 0 aliphatic rings. The van der Waals surface area contributed by atoms with E-state index in [1.165, 1.54) is 18.2 Å². The van der Waals surface area contributed by atoms with Crippen LogP contribution < -0.4 is 0 Å². The van der Waals surface area contributed by atoms with Gasteiger partial charge in [-0.1, -0.05) is 23.7 Å². The number of thiophene rings is 1. The quantitative estimate of drug-likeness (QED) is 0.677. The van der Waals surface area contributed by atoms with E-state index in [-0.39, 0.29) is 10.6 Å². The second-order valence-corrected chi connectivity index (χ2v) is 4.13. The summed E-state index contributed by atoms with van der Waals surface area (Å²) in [4.78, 5) is 0. The number of benzene rings is 1. The number of fused-ring (bicyclic) bond motifs is 1. The second-order valence-electron chi connectivity index (χ2n) is 2.75. The molecule has 0 saturated carbocycles. The predicted octanol–water partition coefficient (Wildman–Crippen LogP) is 4.63. The lowest BCUT2D eigenvalue weighted by Gasteiger charge is -1.98. The average molecular weight is 237 g/mol. The molecule has 1 aromatic carbocycles. The van der Waals surface area contributed by atoms with Crippen LogP contribution in [0.4, 0.5) is 13.2 Å². The molecule has 0 unspecified atom stereocenters. The van der Waals surface area contributed by atoms with Crippen molar-refractivity contribution in [2.24, 2.45) is 0 Å². The van der Waals surface area contributed by atoms with Crippen molar-refractivity contribution >= 4 is 33.0 Å². The zero-order valence-electron chi connectivity index (χ0n) is 6.73. The number of alkyl halides is 2. The molecule has 0 radical (unpaired) electrons. The normalized spacial score (nSPS) is 11.5. The van der Waals surface area contributed by atoms with E-state index in [0.717, 1.165) is 11.3 Å². The second kappa shape index (κ2) is 3.44. The highest BCUT2D eigenvalue weighted by molar-refractivity contribution is 7.18. The Bertz CT molecular complexity index is 478. The summed E-state index contributed by atoms with van der Waals surface area (Å²) in [5.41, 5.74) is -0.115. The lowest BCUT2D eigenvalue weighted by Crippen LogP contribution is -1.81. The molecule has 2 rings (SSSR count). The lowest BCUT2D eigenvalue weighted by atomic mass is 10.2. The molecule has 1 heterocycles. The summed E-state index contributed by atoms with van der Waals surface area (Å²) in [5, 5.41) is -0.0440. The van der Waals surface area contributed by atoms with Crippen molar-refractivity contribution in [1.29, 1.82) is 0 Å². The van der Waals surface area contributed by atoms with Gasteiger partial charge in [0.1, 0.15) is 0 Å². The van der Waals surface area contributed by atoms with E-state index in [2.05, 4.69) is 0 Å². The molecule has 14 heavy (non-hydrogen) atoms. The van der Waals surface area contributed by atoms with Gasteiger partial charge in [-0.05, 0) is 6.07 Å². The van der Waals surface area contributed by atoms with E-state index >= 15 is 0 Å². The maximum Gasteiger partial charge on any atom is 0.263 e. The fourth-order valence-electron chi connectivity index (χ4n) is 1.19. The van der Waals surface area contributed by atoms with Crippen molar-refractivity contribution < 1.29 is 13.2 Å². The monoisotopic (exact) mass is 236 g/mol. The Kier molecular flexibility index (Phi) is 2.41. The number of halogens is 4. The zero-order chi connectivity index (χ0) is 10.3. The Morgan fingerprint density at radius 2 is 2.00 bits per heavy atom. The number of hydrogen-bond acceptors (Lipinski definition) is 1. The Labute approximate surface area is 86.9 Å². The maximum absolute atomic E-state index is 13.0. The SMILES string of the molecule is Fc1sc2cc(C(F)F)ccc2c1Cl. The largest absolute Gasteiger partial charge is 0.263 e. The highest BCUT2D eigenvalue weighted by Crippen LogP contribution is 2.35. The molecule has 2 aromatic rings. The first-order valence-corrected chi connectivity index (χ1v) is 4.94. The molecule has 74 valence electrons. The van der Waals surface area contributed by atoms with Gasteiger partial charge in [0, 0.05) is 15.6 Å². The first-order chi connectivity index (χ1) is 6.59. The molecule has 5 heteroatoms. The van der Waals surface area contributed by atoms with Crippen LogP contribution in [0, 0.1) is 5.13 Å². The van der Waals surface area contributed by atoms with Gasteiger partial charge in [0.05, 0.1) is 5.02 Å². The van der Waals surface area contributed by atoms with E-state index in [1.54, 1.807) is 0 Å². The molecular formula is C9H4ClF3S. The van der Waals surface area contributed by atoms with Crippen molar-refractivity contribution in [2.75, 3.05) is 0 Å². The van der Waals surface area contributed by atoms with Crippen LogP contribution in [0.1, 0.15) is 12.0 Å². The number of hydrogen-bond donors (Lipinski definition) is 0. The topological polar surface area (TPSA) is 0 Å². The molecule has 0 amide bonds. The van der Waals surface area contributed by atoms with Gasteiger partial charge in [0.2, 0.25) is 0 Å². The Morgan fingerprint density at radius 3 is 2.64 bits per heavy atom. The van der Waals surface area contributed by atoms with Crippen LogP contribution in [0.15, 0.2) is 18.2 Å². The van der Waals surface area contributed by atoms with Gasteiger partial charge >= 0.3 is 0 Å². The minimum Gasteiger partial charge on any atom is -0.205 e. The molecule has 0 aliphatic carbocycles. The summed E-state index contributed by atoms with van der Waals surface area (Å²) in [7, 11) is 0. The van der Waals surface area contributed by atoms with Crippen molar-refractivity contribution in [3.8, 4) is 0 Å². The van der Waals surface area contributed by atoms with E-state index < -0.39 is 11.6 Å². The van der Waals surface area contributed by atoms with Crippen LogP contribution >= 0.6 is 22.9 Å². The van der Waals surface area contributed by atoms with Gasteiger partial charge in [-0.25, -0.2) is 8.78 Å². The van der Waals surface area contributed by atoms with Crippen LogP contribution in [-0.4, -0.2) is 0 Å². The van der Waals surface area contributed by atoms with E-state index in [1.807, 2.05) is 0 Å².